The summed E-state index contributed by atoms with van der Waals surface area (Å²) in [5.41, 5.74) is 0. The Labute approximate surface area is 43.0 Å². The van der Waals surface area contributed by atoms with E-state index in [1.807, 2.05) is 0 Å². The zero-order valence-electron chi connectivity index (χ0n) is 4.11. The van der Waals surface area contributed by atoms with Crippen LogP contribution in [0.3, 0.4) is 0 Å². The van der Waals surface area contributed by atoms with E-state index in [2.05, 4.69) is 6.58 Å². The molecule has 0 aromatic heterocycles. The van der Waals surface area contributed by atoms with Crippen molar-refractivity contribution >= 4 is 5.90 Å². The van der Waals surface area contributed by atoms with Crippen molar-refractivity contribution in [1.29, 1.82) is 5.41 Å². The fraction of sp³-hybridized carbons (Fsp3) is 0.400. The molecule has 1 N–H and O–H groups in total. The predicted molar refractivity (Wildman–Crippen MR) is 27.8 cm³/mol. The maximum atomic E-state index is 9.82. The number of hydrogen-bond acceptors (Lipinski definition) is 1. The van der Waals surface area contributed by atoms with Gasteiger partial charge in [0.25, 0.3) is 0 Å². The second-order valence-corrected chi connectivity index (χ2v) is 1.25. The highest BCUT2D eigenvalue weighted by Crippen LogP contribution is 1.87. The number of hydrogen-bond donors (Lipinski definition) is 1. The molecule has 0 rings (SSSR count). The quantitative estimate of drug-likeness (QED) is 0.314. The summed E-state index contributed by atoms with van der Waals surface area (Å²) in [6.45, 7) is 3.40. The first-order valence-corrected chi connectivity index (χ1v) is 2.12. The third-order valence-electron chi connectivity index (χ3n) is 0.576. The molecule has 0 aromatic rings. The Morgan fingerprint density at radius 1 is 1.86 bits per heavy atom. The highest BCUT2D eigenvalue weighted by molar-refractivity contribution is 5.69. The average Bonchev–Trinajstić information content (AvgIpc) is 1.61. The molecule has 0 unspecified atom stereocenters. The van der Waals surface area contributed by atoms with Crippen LogP contribution in [0.2, 0.25) is 0 Å². The highest BCUT2D eigenvalue weighted by atomic mass is 16.3. The summed E-state index contributed by atoms with van der Waals surface area (Å²) in [6, 6.07) is 0. The lowest BCUT2D eigenvalue weighted by atomic mass is 10.3. The maximum Gasteiger partial charge on any atom is 0.238 e. The standard InChI is InChI=1S/C5H8NO/c1-2-3-4-5(6)7/h2,6H,1,3-4H2. The van der Waals surface area contributed by atoms with E-state index in [0.717, 1.165) is 0 Å². The molecular weight excluding hydrogens is 90.1 g/mol. The van der Waals surface area contributed by atoms with Gasteiger partial charge >= 0.3 is 0 Å². The van der Waals surface area contributed by atoms with Gasteiger partial charge in [0.1, 0.15) is 0 Å². The van der Waals surface area contributed by atoms with E-state index in [1.54, 1.807) is 6.08 Å². The van der Waals surface area contributed by atoms with E-state index in [0.29, 0.717) is 12.8 Å². The van der Waals surface area contributed by atoms with E-state index in [1.165, 1.54) is 0 Å². The van der Waals surface area contributed by atoms with Crippen molar-refractivity contribution in [2.24, 2.45) is 0 Å². The minimum absolute atomic E-state index is 0.309. The zero-order chi connectivity index (χ0) is 5.70. The molecule has 0 aromatic carbocycles. The molecular formula is C5H8NO. The summed E-state index contributed by atoms with van der Waals surface area (Å²) in [7, 11) is 0. The molecule has 0 aliphatic rings. The van der Waals surface area contributed by atoms with Crippen LogP contribution in [0, 0.1) is 5.41 Å². The van der Waals surface area contributed by atoms with Crippen LogP contribution in [0.5, 0.6) is 0 Å². The Bertz CT molecular complexity index is 78.1. The van der Waals surface area contributed by atoms with Gasteiger partial charge in [-0.15, -0.1) is 6.58 Å². The highest BCUT2D eigenvalue weighted by Gasteiger charge is 1.87. The molecule has 0 heterocycles. The van der Waals surface area contributed by atoms with Gasteiger partial charge in [-0.25, -0.2) is 0 Å². The molecule has 39 valence electrons. The first-order valence-electron chi connectivity index (χ1n) is 2.12. The van der Waals surface area contributed by atoms with Gasteiger partial charge in [0, 0.05) is 6.42 Å². The van der Waals surface area contributed by atoms with Crippen molar-refractivity contribution in [2.75, 3.05) is 0 Å². The van der Waals surface area contributed by atoms with Gasteiger partial charge in [-0.1, -0.05) is 6.08 Å². The van der Waals surface area contributed by atoms with E-state index in [9.17, 15) is 5.11 Å². The molecule has 0 aliphatic heterocycles. The van der Waals surface area contributed by atoms with Crippen LogP contribution < -0.4 is 0 Å². The third kappa shape index (κ3) is 5.21. The lowest BCUT2D eigenvalue weighted by Crippen LogP contribution is -1.86. The molecule has 1 radical (unpaired) electrons. The summed E-state index contributed by atoms with van der Waals surface area (Å²) >= 11 is 0. The molecule has 0 atom stereocenters. The minimum atomic E-state index is -0.514. The Balaban J connectivity index is 2.97. The Morgan fingerprint density at radius 2 is 2.43 bits per heavy atom. The molecule has 2 nitrogen and oxygen atoms in total. The van der Waals surface area contributed by atoms with Gasteiger partial charge in [-0.05, 0) is 6.42 Å². The SMILES string of the molecule is C=CCCC(=N)[O]. The van der Waals surface area contributed by atoms with Crippen molar-refractivity contribution in [3.8, 4) is 0 Å². The van der Waals surface area contributed by atoms with Gasteiger partial charge in [0.05, 0.1) is 0 Å². The number of nitrogens with one attached hydrogen (secondary N) is 1. The van der Waals surface area contributed by atoms with Crippen molar-refractivity contribution in [3.05, 3.63) is 12.7 Å². The van der Waals surface area contributed by atoms with Crippen LogP contribution in [0.1, 0.15) is 12.8 Å². The second-order valence-electron chi connectivity index (χ2n) is 1.25. The summed E-state index contributed by atoms with van der Waals surface area (Å²) in [5, 5.41) is 16.2. The fourth-order valence-corrected chi connectivity index (χ4v) is 0.233. The molecule has 7 heavy (non-hydrogen) atoms. The molecule has 0 aliphatic carbocycles. The van der Waals surface area contributed by atoms with Crippen molar-refractivity contribution < 1.29 is 5.11 Å². The first kappa shape index (κ1) is 6.21. The van der Waals surface area contributed by atoms with E-state index in [-0.39, 0.29) is 0 Å². The monoisotopic (exact) mass is 98.1 g/mol. The number of allylic oxidation sites excluding steroid dienone is 1. The maximum absolute atomic E-state index is 9.82. The van der Waals surface area contributed by atoms with Crippen LogP contribution in [0.4, 0.5) is 0 Å². The molecule has 2 heteroatoms. The van der Waals surface area contributed by atoms with Gasteiger partial charge in [-0.2, -0.15) is 0 Å². The van der Waals surface area contributed by atoms with Crippen molar-refractivity contribution in [1.82, 2.24) is 0 Å². The summed E-state index contributed by atoms with van der Waals surface area (Å²) in [5.74, 6) is -0.514. The van der Waals surface area contributed by atoms with Gasteiger partial charge < -0.3 is 0 Å². The summed E-state index contributed by atoms with van der Waals surface area (Å²) < 4.78 is 0. The lowest BCUT2D eigenvalue weighted by molar-refractivity contribution is 0.407. The Hall–Kier alpha value is -0.790. The molecule has 0 amide bonds. The van der Waals surface area contributed by atoms with Crippen molar-refractivity contribution in [3.63, 3.8) is 0 Å². The minimum Gasteiger partial charge on any atom is -0.273 e. The Morgan fingerprint density at radius 3 is 2.57 bits per heavy atom. The fourth-order valence-electron chi connectivity index (χ4n) is 0.233. The van der Waals surface area contributed by atoms with Crippen molar-refractivity contribution in [2.45, 2.75) is 12.8 Å². The van der Waals surface area contributed by atoms with E-state index < -0.39 is 5.90 Å². The van der Waals surface area contributed by atoms with E-state index >= 15 is 0 Å². The smallest absolute Gasteiger partial charge is 0.238 e. The van der Waals surface area contributed by atoms with Crippen LogP contribution in [0.25, 0.3) is 0 Å². The van der Waals surface area contributed by atoms with Gasteiger partial charge in [-0.3, -0.25) is 10.5 Å². The first-order chi connectivity index (χ1) is 3.27. The van der Waals surface area contributed by atoms with Crippen LogP contribution in [-0.2, 0) is 5.11 Å². The summed E-state index contributed by atoms with van der Waals surface area (Å²) in [6.07, 6.45) is 2.57. The van der Waals surface area contributed by atoms with Crippen LogP contribution in [0.15, 0.2) is 12.7 Å². The van der Waals surface area contributed by atoms with Gasteiger partial charge in [0.2, 0.25) is 5.90 Å². The Kier molecular flexibility index (Phi) is 3.02. The summed E-state index contributed by atoms with van der Waals surface area (Å²) in [4.78, 5) is 0. The van der Waals surface area contributed by atoms with Crippen LogP contribution >= 0.6 is 0 Å². The normalized spacial score (nSPS) is 8.00. The van der Waals surface area contributed by atoms with E-state index in [4.69, 9.17) is 5.41 Å². The average molecular weight is 98.1 g/mol. The molecule has 0 bridgehead atoms. The molecule has 0 saturated carbocycles. The topological polar surface area (TPSA) is 43.8 Å². The zero-order valence-corrected chi connectivity index (χ0v) is 4.11. The predicted octanol–water partition coefficient (Wildman–Crippen LogP) is 1.36. The van der Waals surface area contributed by atoms with Gasteiger partial charge in [0.15, 0.2) is 0 Å². The second kappa shape index (κ2) is 3.40. The van der Waals surface area contributed by atoms with Crippen LogP contribution in [-0.4, -0.2) is 5.90 Å². The molecule has 0 fully saturated rings. The third-order valence-corrected chi connectivity index (χ3v) is 0.576. The molecule has 0 saturated heterocycles. The number of rotatable bonds is 3. The lowest BCUT2D eigenvalue weighted by Gasteiger charge is -1.81. The molecule has 0 spiro atoms. The largest absolute Gasteiger partial charge is 0.273 e.